The van der Waals surface area contributed by atoms with Crippen molar-refractivity contribution in [3.05, 3.63) is 0 Å². The van der Waals surface area contributed by atoms with Gasteiger partial charge in [-0.25, -0.2) is 0 Å². The third-order valence-electron chi connectivity index (χ3n) is 3.54. The molecule has 1 N–H and O–H groups in total. The smallest absolute Gasteiger partial charge is 0.0593 e. The van der Waals surface area contributed by atoms with E-state index in [1.807, 2.05) is 0 Å². The molecule has 0 saturated carbocycles. The highest BCUT2D eigenvalue weighted by Crippen LogP contribution is 2.15. The molecule has 0 amide bonds. The van der Waals surface area contributed by atoms with Gasteiger partial charge in [-0.1, -0.05) is 26.7 Å². The fourth-order valence-corrected chi connectivity index (χ4v) is 2.43. The van der Waals surface area contributed by atoms with Gasteiger partial charge in [0, 0.05) is 25.7 Å². The van der Waals surface area contributed by atoms with Gasteiger partial charge in [-0.05, 0) is 32.4 Å². The number of piperidine rings is 1. The average Bonchev–Trinajstić information content (AvgIpc) is 2.37. The molecule has 0 aromatic rings. The van der Waals surface area contributed by atoms with Crippen LogP contribution in [0.25, 0.3) is 0 Å². The van der Waals surface area contributed by atoms with Crippen molar-refractivity contribution in [2.75, 3.05) is 39.4 Å². The molecule has 17 heavy (non-hydrogen) atoms. The summed E-state index contributed by atoms with van der Waals surface area (Å²) in [6.07, 6.45) is 6.52. The Bertz CT molecular complexity index is 176. The summed E-state index contributed by atoms with van der Waals surface area (Å²) in [6, 6.07) is 0.735. The van der Waals surface area contributed by atoms with Crippen LogP contribution in [0.2, 0.25) is 0 Å². The van der Waals surface area contributed by atoms with Crippen molar-refractivity contribution < 1.29 is 4.74 Å². The molecule has 0 aliphatic carbocycles. The first-order valence-corrected chi connectivity index (χ1v) is 7.41. The van der Waals surface area contributed by atoms with E-state index in [0.29, 0.717) is 0 Å². The lowest BCUT2D eigenvalue weighted by Gasteiger charge is -2.35. The molecule has 3 nitrogen and oxygen atoms in total. The van der Waals surface area contributed by atoms with Crippen LogP contribution in [0.15, 0.2) is 0 Å². The first-order valence-electron chi connectivity index (χ1n) is 7.41. The van der Waals surface area contributed by atoms with Crippen molar-refractivity contribution in [1.82, 2.24) is 10.2 Å². The lowest BCUT2D eigenvalue weighted by atomic mass is 10.0. The van der Waals surface area contributed by atoms with Crippen LogP contribution in [0.1, 0.15) is 46.0 Å². The second-order valence-corrected chi connectivity index (χ2v) is 4.96. The molecule has 1 saturated heterocycles. The van der Waals surface area contributed by atoms with Crippen LogP contribution in [0.5, 0.6) is 0 Å². The molecule has 0 radical (unpaired) electrons. The maximum atomic E-state index is 5.67. The Morgan fingerprint density at radius 3 is 2.88 bits per heavy atom. The van der Waals surface area contributed by atoms with Gasteiger partial charge in [0.2, 0.25) is 0 Å². The Morgan fingerprint density at radius 2 is 2.12 bits per heavy atom. The Kier molecular flexibility index (Phi) is 8.67. The quantitative estimate of drug-likeness (QED) is 0.628. The van der Waals surface area contributed by atoms with E-state index < -0.39 is 0 Å². The molecule has 1 rings (SSSR count). The van der Waals surface area contributed by atoms with Crippen molar-refractivity contribution in [2.24, 2.45) is 0 Å². The van der Waals surface area contributed by atoms with Gasteiger partial charge in [-0.2, -0.15) is 0 Å². The van der Waals surface area contributed by atoms with Crippen molar-refractivity contribution in [1.29, 1.82) is 0 Å². The van der Waals surface area contributed by atoms with Crippen molar-refractivity contribution >= 4 is 0 Å². The first kappa shape index (κ1) is 14.9. The summed E-state index contributed by atoms with van der Waals surface area (Å²) in [7, 11) is 0. The normalized spacial score (nSPS) is 21.9. The summed E-state index contributed by atoms with van der Waals surface area (Å²) in [5.74, 6) is 0. The van der Waals surface area contributed by atoms with Crippen LogP contribution in [-0.4, -0.2) is 50.3 Å². The van der Waals surface area contributed by atoms with Crippen LogP contribution in [-0.2, 0) is 4.74 Å². The summed E-state index contributed by atoms with van der Waals surface area (Å²) in [6.45, 7) is 10.8. The summed E-state index contributed by atoms with van der Waals surface area (Å²) >= 11 is 0. The van der Waals surface area contributed by atoms with Gasteiger partial charge in [-0.15, -0.1) is 0 Å². The molecular formula is C14H30N2O. The van der Waals surface area contributed by atoms with E-state index in [2.05, 4.69) is 24.1 Å². The van der Waals surface area contributed by atoms with E-state index >= 15 is 0 Å². The molecule has 1 aliphatic heterocycles. The van der Waals surface area contributed by atoms with Gasteiger partial charge in [-0.3, -0.25) is 4.90 Å². The predicted octanol–water partition coefficient (Wildman–Crippen LogP) is 2.27. The maximum absolute atomic E-state index is 5.67. The minimum atomic E-state index is 0.735. The second-order valence-electron chi connectivity index (χ2n) is 4.96. The second kappa shape index (κ2) is 9.86. The molecule has 1 fully saturated rings. The van der Waals surface area contributed by atoms with E-state index in [0.717, 1.165) is 38.9 Å². The molecular weight excluding hydrogens is 212 g/mol. The zero-order chi connectivity index (χ0) is 12.3. The molecule has 0 bridgehead atoms. The molecule has 1 atom stereocenters. The van der Waals surface area contributed by atoms with Crippen LogP contribution in [0.4, 0.5) is 0 Å². The number of nitrogens with zero attached hydrogens (tertiary/aromatic N) is 1. The van der Waals surface area contributed by atoms with E-state index in [9.17, 15) is 0 Å². The summed E-state index contributed by atoms with van der Waals surface area (Å²) in [5.41, 5.74) is 0. The van der Waals surface area contributed by atoms with Crippen LogP contribution >= 0.6 is 0 Å². The third-order valence-corrected chi connectivity index (χ3v) is 3.54. The fourth-order valence-electron chi connectivity index (χ4n) is 2.43. The molecule has 1 aliphatic rings. The number of ether oxygens (including phenoxy) is 1. The highest BCUT2D eigenvalue weighted by Gasteiger charge is 2.21. The lowest BCUT2D eigenvalue weighted by Crippen LogP contribution is -2.46. The highest BCUT2D eigenvalue weighted by molar-refractivity contribution is 4.78. The molecule has 1 heterocycles. The average molecular weight is 242 g/mol. The minimum absolute atomic E-state index is 0.735. The van der Waals surface area contributed by atoms with Crippen molar-refractivity contribution in [3.63, 3.8) is 0 Å². The number of hydrogen-bond acceptors (Lipinski definition) is 3. The number of nitrogens with one attached hydrogen (secondary N) is 1. The van der Waals surface area contributed by atoms with Gasteiger partial charge in [0.15, 0.2) is 0 Å². The topological polar surface area (TPSA) is 24.5 Å². The first-order chi connectivity index (χ1) is 8.38. The number of unbranched alkanes of at least 4 members (excludes halogenated alkanes) is 1. The van der Waals surface area contributed by atoms with Gasteiger partial charge in [0.25, 0.3) is 0 Å². The molecule has 0 aromatic carbocycles. The largest absolute Gasteiger partial charge is 0.380 e. The van der Waals surface area contributed by atoms with E-state index in [4.69, 9.17) is 4.74 Å². The van der Waals surface area contributed by atoms with Crippen LogP contribution in [0, 0.1) is 0 Å². The Morgan fingerprint density at radius 1 is 1.24 bits per heavy atom. The third kappa shape index (κ3) is 6.39. The fraction of sp³-hybridized carbons (Fsp3) is 1.00. The van der Waals surface area contributed by atoms with Gasteiger partial charge < -0.3 is 10.1 Å². The van der Waals surface area contributed by atoms with Gasteiger partial charge >= 0.3 is 0 Å². The number of hydrogen-bond donors (Lipinski definition) is 1. The summed E-state index contributed by atoms with van der Waals surface area (Å²) < 4.78 is 5.67. The van der Waals surface area contributed by atoms with Crippen LogP contribution in [0.3, 0.4) is 0 Å². The molecule has 102 valence electrons. The van der Waals surface area contributed by atoms with Gasteiger partial charge in [0.05, 0.1) is 6.61 Å². The highest BCUT2D eigenvalue weighted by atomic mass is 16.5. The zero-order valence-corrected chi connectivity index (χ0v) is 11.7. The Labute approximate surface area is 107 Å². The zero-order valence-electron chi connectivity index (χ0n) is 11.7. The van der Waals surface area contributed by atoms with Crippen molar-refractivity contribution in [2.45, 2.75) is 52.0 Å². The SMILES string of the molecule is CCCCOCCN1CCCCC1CNCC. The van der Waals surface area contributed by atoms with Crippen molar-refractivity contribution in [3.8, 4) is 0 Å². The molecule has 0 aromatic heterocycles. The summed E-state index contributed by atoms with van der Waals surface area (Å²) in [5, 5.41) is 3.48. The lowest BCUT2D eigenvalue weighted by molar-refractivity contribution is 0.0704. The Balaban J connectivity index is 2.13. The maximum Gasteiger partial charge on any atom is 0.0593 e. The van der Waals surface area contributed by atoms with Crippen LogP contribution < -0.4 is 5.32 Å². The van der Waals surface area contributed by atoms with E-state index in [1.54, 1.807) is 0 Å². The standard InChI is InChI=1S/C14H30N2O/c1-3-5-11-17-12-10-16-9-7-6-8-14(16)13-15-4-2/h14-15H,3-13H2,1-2H3. The number of likely N-dealkylation sites (N-methyl/N-ethyl adjacent to an activating group) is 1. The Hall–Kier alpha value is -0.120. The number of rotatable bonds is 9. The minimum Gasteiger partial charge on any atom is -0.380 e. The predicted molar refractivity (Wildman–Crippen MR) is 73.5 cm³/mol. The summed E-state index contributed by atoms with van der Waals surface area (Å²) in [4.78, 5) is 2.61. The monoisotopic (exact) mass is 242 g/mol. The van der Waals surface area contributed by atoms with Gasteiger partial charge in [0.1, 0.15) is 0 Å². The van der Waals surface area contributed by atoms with E-state index in [1.165, 1.54) is 38.6 Å². The molecule has 0 spiro atoms. The van der Waals surface area contributed by atoms with E-state index in [-0.39, 0.29) is 0 Å². The molecule has 1 unspecified atom stereocenters. The molecule has 3 heteroatoms. The number of likely N-dealkylation sites (tertiary alicyclic amines) is 1.